The minimum atomic E-state index is -3.65. The highest BCUT2D eigenvalue weighted by Crippen LogP contribution is 2.21. The third kappa shape index (κ3) is 4.54. The summed E-state index contributed by atoms with van der Waals surface area (Å²) in [7, 11) is -3.65. The smallest absolute Gasteiger partial charge is 0.272 e. The van der Waals surface area contributed by atoms with E-state index >= 15 is 0 Å². The summed E-state index contributed by atoms with van der Waals surface area (Å²) in [4.78, 5) is 15.3. The molecule has 0 spiro atoms. The average Bonchev–Trinajstić information content (AvgIpc) is 3.28. The van der Waals surface area contributed by atoms with Gasteiger partial charge in [-0.2, -0.15) is 4.31 Å². The molecule has 0 bridgehead atoms. The van der Waals surface area contributed by atoms with Crippen LogP contribution in [-0.2, 0) is 14.8 Å². The number of morpholine rings is 1. The van der Waals surface area contributed by atoms with Crippen LogP contribution in [-0.4, -0.2) is 49.9 Å². The summed E-state index contributed by atoms with van der Waals surface area (Å²) in [6, 6.07) is 18.4. The van der Waals surface area contributed by atoms with Crippen LogP contribution in [0, 0.1) is 0 Å². The number of nitrogens with one attached hydrogen (secondary N) is 3. The average molecular weight is 426 g/mol. The van der Waals surface area contributed by atoms with E-state index in [4.69, 9.17) is 4.74 Å². The van der Waals surface area contributed by atoms with Gasteiger partial charge in [0.15, 0.2) is 0 Å². The molecule has 1 saturated heterocycles. The molecule has 30 heavy (non-hydrogen) atoms. The van der Waals surface area contributed by atoms with Crippen LogP contribution in [0.4, 0.5) is 17.1 Å². The lowest BCUT2D eigenvalue weighted by Gasteiger charge is -2.25. The fraction of sp³-hybridized carbons (Fsp3) is 0.190. The predicted molar refractivity (Wildman–Crippen MR) is 114 cm³/mol. The van der Waals surface area contributed by atoms with E-state index in [9.17, 15) is 13.2 Å². The van der Waals surface area contributed by atoms with Crippen LogP contribution in [0.5, 0.6) is 0 Å². The third-order valence-corrected chi connectivity index (χ3v) is 6.59. The first-order chi connectivity index (χ1) is 14.5. The summed E-state index contributed by atoms with van der Waals surface area (Å²) in [5.41, 5.74) is 2.63. The molecule has 0 atom stereocenters. The van der Waals surface area contributed by atoms with Crippen molar-refractivity contribution in [2.24, 2.45) is 0 Å². The van der Waals surface area contributed by atoms with Crippen LogP contribution in [0.1, 0.15) is 10.5 Å². The summed E-state index contributed by atoms with van der Waals surface area (Å²) in [6.45, 7) is 1.34. The number of aromatic nitrogens is 1. The van der Waals surface area contributed by atoms with E-state index in [1.54, 1.807) is 12.1 Å². The molecule has 8 nitrogen and oxygen atoms in total. The fourth-order valence-corrected chi connectivity index (χ4v) is 4.52. The number of hydrogen-bond acceptors (Lipinski definition) is 5. The first-order valence-electron chi connectivity index (χ1n) is 9.52. The molecule has 1 aliphatic heterocycles. The summed E-state index contributed by atoms with van der Waals surface area (Å²) in [5, 5.41) is 6.04. The molecule has 4 rings (SSSR count). The molecule has 1 amide bonds. The van der Waals surface area contributed by atoms with Crippen LogP contribution in [0.25, 0.3) is 0 Å². The maximum atomic E-state index is 12.7. The largest absolute Gasteiger partial charge is 0.379 e. The van der Waals surface area contributed by atoms with Gasteiger partial charge >= 0.3 is 0 Å². The van der Waals surface area contributed by atoms with Gasteiger partial charge in [-0.05, 0) is 42.5 Å². The number of nitrogens with zero attached hydrogens (tertiary/aromatic N) is 1. The summed E-state index contributed by atoms with van der Waals surface area (Å²) in [6.07, 6.45) is 1.34. The van der Waals surface area contributed by atoms with Crippen molar-refractivity contribution in [1.82, 2.24) is 9.29 Å². The topological polar surface area (TPSA) is 104 Å². The molecule has 3 N–H and O–H groups in total. The summed E-state index contributed by atoms with van der Waals surface area (Å²) in [5.74, 6) is -0.415. The Balaban J connectivity index is 1.41. The van der Waals surface area contributed by atoms with Gasteiger partial charge in [0, 0.05) is 36.3 Å². The van der Waals surface area contributed by atoms with E-state index in [1.165, 1.54) is 16.6 Å². The minimum Gasteiger partial charge on any atom is -0.379 e. The second-order valence-corrected chi connectivity index (χ2v) is 8.73. The van der Waals surface area contributed by atoms with Crippen molar-refractivity contribution in [3.8, 4) is 0 Å². The Morgan fingerprint density at radius 3 is 2.27 bits per heavy atom. The highest BCUT2D eigenvalue weighted by Gasteiger charge is 2.28. The molecule has 0 radical (unpaired) electrons. The lowest BCUT2D eigenvalue weighted by molar-refractivity contribution is 0.0730. The van der Waals surface area contributed by atoms with E-state index in [0.717, 1.165) is 11.4 Å². The van der Waals surface area contributed by atoms with E-state index in [2.05, 4.69) is 15.6 Å². The van der Waals surface area contributed by atoms with Crippen molar-refractivity contribution < 1.29 is 17.9 Å². The summed E-state index contributed by atoms with van der Waals surface area (Å²) >= 11 is 0. The van der Waals surface area contributed by atoms with Gasteiger partial charge in [-0.3, -0.25) is 4.79 Å². The molecule has 1 aliphatic rings. The molecule has 1 aromatic heterocycles. The maximum absolute atomic E-state index is 12.7. The van der Waals surface area contributed by atoms with Crippen LogP contribution < -0.4 is 10.6 Å². The number of hydrogen-bond donors (Lipinski definition) is 3. The Kier molecular flexibility index (Phi) is 5.84. The number of para-hydroxylation sites is 1. The van der Waals surface area contributed by atoms with Crippen molar-refractivity contribution >= 4 is 33.0 Å². The van der Waals surface area contributed by atoms with Crippen LogP contribution in [0.15, 0.2) is 71.8 Å². The number of aromatic amines is 1. The normalized spacial score (nSPS) is 14.9. The Labute approximate surface area is 174 Å². The van der Waals surface area contributed by atoms with Gasteiger partial charge < -0.3 is 20.4 Å². The highest BCUT2D eigenvalue weighted by atomic mass is 32.2. The molecule has 9 heteroatoms. The molecule has 0 saturated carbocycles. The SMILES string of the molecule is O=C(Nc1ccc(Nc2ccccc2)cc1)c1cc(S(=O)(=O)N2CCOCC2)c[nH]1. The van der Waals surface area contributed by atoms with Crippen molar-refractivity contribution in [3.05, 3.63) is 72.6 Å². The molecule has 1 fully saturated rings. The molecule has 2 aromatic carbocycles. The van der Waals surface area contributed by atoms with Crippen molar-refractivity contribution in [2.45, 2.75) is 4.90 Å². The van der Waals surface area contributed by atoms with Gasteiger partial charge in [0.25, 0.3) is 5.91 Å². The molecule has 0 aliphatic carbocycles. The fourth-order valence-electron chi connectivity index (χ4n) is 3.11. The number of H-pyrrole nitrogens is 1. The Morgan fingerprint density at radius 1 is 0.933 bits per heavy atom. The number of ether oxygens (including phenoxy) is 1. The Bertz CT molecular complexity index is 1110. The number of benzene rings is 2. The number of anilines is 3. The zero-order valence-corrected chi connectivity index (χ0v) is 17.0. The third-order valence-electron chi connectivity index (χ3n) is 4.71. The van der Waals surface area contributed by atoms with Crippen LogP contribution in [0.3, 0.4) is 0 Å². The first-order valence-corrected chi connectivity index (χ1v) is 11.0. The minimum absolute atomic E-state index is 0.0666. The standard InChI is InChI=1S/C21H22N4O4S/c26-21(20-14-19(15-22-20)30(27,28)25-10-12-29-13-11-25)24-18-8-6-17(7-9-18)23-16-4-2-1-3-5-16/h1-9,14-15,22-23H,10-13H2,(H,24,26). The molecule has 156 valence electrons. The molecule has 3 aromatic rings. The van der Waals surface area contributed by atoms with Crippen molar-refractivity contribution in [3.63, 3.8) is 0 Å². The molecule has 0 unspecified atom stereocenters. The Morgan fingerprint density at radius 2 is 1.57 bits per heavy atom. The predicted octanol–water partition coefficient (Wildman–Crippen LogP) is 3.03. The van der Waals surface area contributed by atoms with Gasteiger partial charge in [0.2, 0.25) is 10.0 Å². The van der Waals surface area contributed by atoms with Gasteiger partial charge in [0.1, 0.15) is 10.6 Å². The van der Waals surface area contributed by atoms with Crippen LogP contribution in [0.2, 0.25) is 0 Å². The zero-order valence-electron chi connectivity index (χ0n) is 16.2. The van der Waals surface area contributed by atoms with Crippen molar-refractivity contribution in [1.29, 1.82) is 0 Å². The maximum Gasteiger partial charge on any atom is 0.272 e. The zero-order chi connectivity index (χ0) is 21.0. The molecular formula is C21H22N4O4S. The Hall–Kier alpha value is -3.14. The van der Waals surface area contributed by atoms with Crippen molar-refractivity contribution in [2.75, 3.05) is 36.9 Å². The van der Waals surface area contributed by atoms with E-state index in [1.807, 2.05) is 42.5 Å². The van der Waals surface area contributed by atoms with E-state index in [-0.39, 0.29) is 10.6 Å². The summed E-state index contributed by atoms with van der Waals surface area (Å²) < 4.78 is 31.9. The second kappa shape index (κ2) is 8.70. The van der Waals surface area contributed by atoms with Crippen LogP contribution >= 0.6 is 0 Å². The number of sulfonamides is 1. The first kappa shape index (κ1) is 20.1. The quantitative estimate of drug-likeness (QED) is 0.562. The second-order valence-electron chi connectivity index (χ2n) is 6.79. The van der Waals surface area contributed by atoms with E-state index < -0.39 is 15.9 Å². The number of carbonyl (C=O) groups excluding carboxylic acids is 1. The monoisotopic (exact) mass is 426 g/mol. The highest BCUT2D eigenvalue weighted by molar-refractivity contribution is 7.89. The van der Waals surface area contributed by atoms with Gasteiger partial charge in [-0.15, -0.1) is 0 Å². The van der Waals surface area contributed by atoms with Gasteiger partial charge in [0.05, 0.1) is 13.2 Å². The van der Waals surface area contributed by atoms with Gasteiger partial charge in [-0.25, -0.2) is 8.42 Å². The number of amides is 1. The number of carbonyl (C=O) groups is 1. The molecular weight excluding hydrogens is 404 g/mol. The number of rotatable bonds is 6. The lowest BCUT2D eigenvalue weighted by Crippen LogP contribution is -2.40. The lowest BCUT2D eigenvalue weighted by atomic mass is 10.2. The molecule has 2 heterocycles. The van der Waals surface area contributed by atoms with Gasteiger partial charge in [-0.1, -0.05) is 18.2 Å². The van der Waals surface area contributed by atoms with E-state index in [0.29, 0.717) is 32.0 Å².